The van der Waals surface area contributed by atoms with E-state index >= 15 is 0 Å². The molecule has 0 spiro atoms. The Bertz CT molecular complexity index is 1000. The summed E-state index contributed by atoms with van der Waals surface area (Å²) in [5.74, 6) is 0.878. The summed E-state index contributed by atoms with van der Waals surface area (Å²) in [5.41, 5.74) is 9.71. The number of amides is 1. The van der Waals surface area contributed by atoms with Crippen molar-refractivity contribution in [2.24, 2.45) is 5.73 Å². The summed E-state index contributed by atoms with van der Waals surface area (Å²) in [5, 5.41) is 11.0. The molecule has 31 heavy (non-hydrogen) atoms. The van der Waals surface area contributed by atoms with Crippen LogP contribution in [0.25, 0.3) is 0 Å². The number of β-lactam (4-membered cyclic amide) rings is 1. The van der Waals surface area contributed by atoms with E-state index in [1.807, 2.05) is 83.8 Å². The molecule has 3 N–H and O–H groups in total. The summed E-state index contributed by atoms with van der Waals surface area (Å²) >= 11 is 0. The van der Waals surface area contributed by atoms with E-state index in [2.05, 4.69) is 0 Å². The second-order valence-electron chi connectivity index (χ2n) is 7.92. The van der Waals surface area contributed by atoms with Crippen molar-refractivity contribution in [3.8, 4) is 5.75 Å². The van der Waals surface area contributed by atoms with Crippen LogP contribution in [0.2, 0.25) is 0 Å². The van der Waals surface area contributed by atoms with Gasteiger partial charge in [-0.2, -0.15) is 0 Å². The van der Waals surface area contributed by atoms with Gasteiger partial charge in [-0.3, -0.25) is 4.79 Å². The molecule has 3 unspecified atom stereocenters. The van der Waals surface area contributed by atoms with E-state index in [9.17, 15) is 9.90 Å². The SMILES string of the molecule is COc1ccc(C2CC(=O)N2C(CC(O)c2ccccc2)c2ccc(CN)cc2)cc1. The van der Waals surface area contributed by atoms with Crippen LogP contribution in [0.1, 0.15) is 53.3 Å². The number of hydrogen-bond acceptors (Lipinski definition) is 4. The Morgan fingerprint density at radius 1 is 1.00 bits per heavy atom. The van der Waals surface area contributed by atoms with E-state index in [0.717, 1.165) is 28.0 Å². The molecule has 0 aromatic heterocycles. The Morgan fingerprint density at radius 2 is 1.68 bits per heavy atom. The maximum atomic E-state index is 12.8. The van der Waals surface area contributed by atoms with Crippen molar-refractivity contribution in [3.63, 3.8) is 0 Å². The van der Waals surface area contributed by atoms with E-state index in [1.54, 1.807) is 7.11 Å². The number of methoxy groups -OCH3 is 1. The number of hydrogen-bond donors (Lipinski definition) is 2. The second-order valence-corrected chi connectivity index (χ2v) is 7.92. The van der Waals surface area contributed by atoms with E-state index in [1.165, 1.54) is 0 Å². The van der Waals surface area contributed by atoms with Crippen LogP contribution in [0.15, 0.2) is 78.9 Å². The number of benzene rings is 3. The summed E-state index contributed by atoms with van der Waals surface area (Å²) in [6, 6.07) is 25.2. The molecular weight excluding hydrogens is 388 g/mol. The van der Waals surface area contributed by atoms with E-state index in [0.29, 0.717) is 19.4 Å². The van der Waals surface area contributed by atoms with Gasteiger partial charge < -0.3 is 20.5 Å². The van der Waals surface area contributed by atoms with Crippen LogP contribution in [0.3, 0.4) is 0 Å². The van der Waals surface area contributed by atoms with Crippen molar-refractivity contribution in [1.82, 2.24) is 4.90 Å². The number of aliphatic hydroxyl groups is 1. The first-order valence-electron chi connectivity index (χ1n) is 10.6. The normalized spacial score (nSPS) is 17.7. The van der Waals surface area contributed by atoms with Crippen molar-refractivity contribution in [1.29, 1.82) is 0 Å². The predicted molar refractivity (Wildman–Crippen MR) is 120 cm³/mol. The zero-order valence-corrected chi connectivity index (χ0v) is 17.6. The molecule has 1 aliphatic heterocycles. The number of carbonyl (C=O) groups excluding carboxylic acids is 1. The topological polar surface area (TPSA) is 75.8 Å². The van der Waals surface area contributed by atoms with Crippen molar-refractivity contribution in [2.75, 3.05) is 7.11 Å². The van der Waals surface area contributed by atoms with Crippen LogP contribution in [0, 0.1) is 0 Å². The molecular formula is C26H28N2O3. The molecule has 3 aromatic rings. The lowest BCUT2D eigenvalue weighted by molar-refractivity contribution is -0.152. The number of nitrogens with zero attached hydrogens (tertiary/aromatic N) is 1. The average molecular weight is 417 g/mol. The summed E-state index contributed by atoms with van der Waals surface area (Å²) in [7, 11) is 1.64. The van der Waals surface area contributed by atoms with Gasteiger partial charge in [0.05, 0.1) is 31.7 Å². The predicted octanol–water partition coefficient (Wildman–Crippen LogP) is 4.29. The van der Waals surface area contributed by atoms with Crippen LogP contribution in [0.5, 0.6) is 5.75 Å². The van der Waals surface area contributed by atoms with E-state index in [4.69, 9.17) is 10.5 Å². The van der Waals surface area contributed by atoms with E-state index < -0.39 is 6.10 Å². The lowest BCUT2D eigenvalue weighted by atomic mass is 9.86. The number of ether oxygens (including phenoxy) is 1. The summed E-state index contributed by atoms with van der Waals surface area (Å²) in [4.78, 5) is 14.7. The Morgan fingerprint density at radius 3 is 2.26 bits per heavy atom. The molecule has 0 bridgehead atoms. The van der Waals surface area contributed by atoms with Gasteiger partial charge in [0.1, 0.15) is 5.75 Å². The van der Waals surface area contributed by atoms with Gasteiger partial charge in [0.15, 0.2) is 0 Å². The maximum absolute atomic E-state index is 12.8. The Hall–Kier alpha value is -3.15. The smallest absolute Gasteiger partial charge is 0.226 e. The Balaban J connectivity index is 1.65. The lowest BCUT2D eigenvalue weighted by Gasteiger charge is -2.47. The zero-order chi connectivity index (χ0) is 21.8. The third-order valence-electron chi connectivity index (χ3n) is 6.06. The summed E-state index contributed by atoms with van der Waals surface area (Å²) < 4.78 is 5.26. The van der Waals surface area contributed by atoms with Crippen molar-refractivity contribution >= 4 is 5.91 Å². The monoisotopic (exact) mass is 416 g/mol. The summed E-state index contributed by atoms with van der Waals surface area (Å²) in [6.07, 6.45) is 0.209. The van der Waals surface area contributed by atoms with Gasteiger partial charge in [-0.25, -0.2) is 0 Å². The summed E-state index contributed by atoms with van der Waals surface area (Å²) in [6.45, 7) is 0.467. The maximum Gasteiger partial charge on any atom is 0.226 e. The molecule has 1 heterocycles. The highest BCUT2D eigenvalue weighted by molar-refractivity contribution is 5.84. The zero-order valence-electron chi connectivity index (χ0n) is 17.6. The highest BCUT2D eigenvalue weighted by Crippen LogP contribution is 2.45. The van der Waals surface area contributed by atoms with Crippen LogP contribution >= 0.6 is 0 Å². The quantitative estimate of drug-likeness (QED) is 0.537. The first-order chi connectivity index (χ1) is 15.1. The van der Waals surface area contributed by atoms with Gasteiger partial charge in [0.25, 0.3) is 0 Å². The van der Waals surface area contributed by atoms with Crippen molar-refractivity contribution in [2.45, 2.75) is 37.6 Å². The minimum absolute atomic E-state index is 0.0273. The second kappa shape index (κ2) is 9.33. The lowest BCUT2D eigenvalue weighted by Crippen LogP contribution is -2.48. The van der Waals surface area contributed by atoms with Crippen LogP contribution in [-0.4, -0.2) is 23.0 Å². The van der Waals surface area contributed by atoms with Crippen molar-refractivity contribution < 1.29 is 14.6 Å². The molecule has 3 atom stereocenters. The van der Waals surface area contributed by atoms with Gasteiger partial charge >= 0.3 is 0 Å². The molecule has 1 fully saturated rings. The average Bonchev–Trinajstić information content (AvgIpc) is 2.82. The third-order valence-corrected chi connectivity index (χ3v) is 6.06. The fourth-order valence-corrected chi connectivity index (χ4v) is 4.23. The fourth-order valence-electron chi connectivity index (χ4n) is 4.23. The van der Waals surface area contributed by atoms with Gasteiger partial charge in [-0.15, -0.1) is 0 Å². The number of rotatable bonds is 8. The number of aliphatic hydroxyl groups excluding tert-OH is 1. The number of nitrogens with two attached hydrogens (primary N) is 1. The molecule has 1 aliphatic rings. The van der Waals surface area contributed by atoms with Gasteiger partial charge in [-0.1, -0.05) is 66.7 Å². The fraction of sp³-hybridized carbons (Fsp3) is 0.269. The molecule has 0 aliphatic carbocycles. The highest BCUT2D eigenvalue weighted by Gasteiger charge is 2.42. The van der Waals surface area contributed by atoms with Gasteiger partial charge in [0.2, 0.25) is 5.91 Å². The first kappa shape index (κ1) is 21.1. The molecule has 0 radical (unpaired) electrons. The van der Waals surface area contributed by atoms with Gasteiger partial charge in [-0.05, 0) is 34.4 Å². The molecule has 160 valence electrons. The molecule has 1 amide bonds. The van der Waals surface area contributed by atoms with Crippen molar-refractivity contribution in [3.05, 3.63) is 101 Å². The Kier molecular flexibility index (Phi) is 6.35. The highest BCUT2D eigenvalue weighted by atomic mass is 16.5. The Labute approximate surface area is 183 Å². The minimum atomic E-state index is -0.676. The molecule has 5 heteroatoms. The van der Waals surface area contributed by atoms with Gasteiger partial charge in [0, 0.05) is 13.0 Å². The molecule has 3 aromatic carbocycles. The molecule has 4 rings (SSSR count). The largest absolute Gasteiger partial charge is 0.497 e. The number of carbonyl (C=O) groups is 1. The van der Waals surface area contributed by atoms with E-state index in [-0.39, 0.29) is 18.0 Å². The standard InChI is InChI=1S/C26H28N2O3/c1-31-22-13-11-20(12-14-22)24-16-26(30)28(24)23(19-9-7-18(17-27)8-10-19)15-25(29)21-5-3-2-4-6-21/h2-14,23-25,29H,15-17,27H2,1H3. The van der Waals surface area contributed by atoms with Crippen LogP contribution < -0.4 is 10.5 Å². The third kappa shape index (κ3) is 4.48. The molecule has 5 nitrogen and oxygen atoms in total. The molecule has 0 saturated carbocycles. The van der Waals surface area contributed by atoms with Crippen LogP contribution in [0.4, 0.5) is 0 Å². The number of likely N-dealkylation sites (tertiary alicyclic amines) is 1. The molecule has 1 saturated heterocycles. The minimum Gasteiger partial charge on any atom is -0.497 e. The first-order valence-corrected chi connectivity index (χ1v) is 10.6. The van der Waals surface area contributed by atoms with Crippen LogP contribution in [-0.2, 0) is 11.3 Å².